The van der Waals surface area contributed by atoms with Crippen molar-refractivity contribution in [3.8, 4) is 11.5 Å². The first-order valence-electron chi connectivity index (χ1n) is 5.84. The molecule has 1 aromatic carbocycles. The average molecular weight is 234 g/mol. The van der Waals surface area contributed by atoms with Crippen LogP contribution >= 0.6 is 0 Å². The molecule has 92 valence electrons. The van der Waals surface area contributed by atoms with Crippen molar-refractivity contribution >= 4 is 11.9 Å². The van der Waals surface area contributed by atoms with E-state index in [4.69, 9.17) is 4.74 Å². The molecule has 0 heterocycles. The topological polar surface area (TPSA) is 46.5 Å². The Morgan fingerprint density at radius 3 is 2.82 bits per heavy atom. The molecule has 0 aromatic heterocycles. The molecule has 0 radical (unpaired) electrons. The number of carbonyl (C=O) groups is 1. The Bertz CT molecular complexity index is 408. The van der Waals surface area contributed by atoms with Crippen molar-refractivity contribution in [2.75, 3.05) is 6.61 Å². The van der Waals surface area contributed by atoms with Gasteiger partial charge in [-0.15, -0.1) is 0 Å². The van der Waals surface area contributed by atoms with E-state index < -0.39 is 0 Å². The minimum absolute atomic E-state index is 0.0779. The van der Waals surface area contributed by atoms with Crippen LogP contribution in [0.3, 0.4) is 0 Å². The summed E-state index contributed by atoms with van der Waals surface area (Å²) in [5, 5.41) is 9.57. The van der Waals surface area contributed by atoms with Crippen LogP contribution in [0.5, 0.6) is 11.5 Å². The molecule has 0 saturated carbocycles. The number of hydrogen-bond acceptors (Lipinski definition) is 3. The lowest BCUT2D eigenvalue weighted by atomic mass is 10.1. The minimum atomic E-state index is 0.0779. The summed E-state index contributed by atoms with van der Waals surface area (Å²) in [7, 11) is 0. The highest BCUT2D eigenvalue weighted by atomic mass is 16.5. The molecule has 0 aliphatic carbocycles. The molecule has 1 aromatic rings. The first-order chi connectivity index (χ1) is 8.17. The lowest BCUT2D eigenvalue weighted by molar-refractivity contribution is -0.114. The highest BCUT2D eigenvalue weighted by Gasteiger charge is 2.02. The summed E-state index contributed by atoms with van der Waals surface area (Å²) in [6, 6.07) is 5.04. The fourth-order valence-electron chi connectivity index (χ4n) is 1.27. The molecule has 0 unspecified atom stereocenters. The molecule has 17 heavy (non-hydrogen) atoms. The summed E-state index contributed by atoms with van der Waals surface area (Å²) in [5.41, 5.74) is 0.843. The normalized spacial score (nSPS) is 10.7. The van der Waals surface area contributed by atoms with Crippen LogP contribution in [-0.2, 0) is 4.79 Å². The van der Waals surface area contributed by atoms with Gasteiger partial charge in [0, 0.05) is 6.42 Å². The zero-order valence-electron chi connectivity index (χ0n) is 10.3. The van der Waals surface area contributed by atoms with E-state index in [1.807, 2.05) is 13.8 Å². The number of allylic oxidation sites excluding steroid dienone is 1. The molecule has 0 saturated heterocycles. The summed E-state index contributed by atoms with van der Waals surface area (Å²) in [5.74, 6) is 0.657. The van der Waals surface area contributed by atoms with Crippen LogP contribution in [0.2, 0.25) is 0 Å². The molecule has 0 aliphatic heterocycles. The summed E-state index contributed by atoms with van der Waals surface area (Å²) in [4.78, 5) is 11.1. The second kappa shape index (κ2) is 6.74. The number of phenolic OH excluding ortho intramolecular Hbond substituents is 1. The highest BCUT2D eigenvalue weighted by molar-refractivity contribution is 5.93. The van der Waals surface area contributed by atoms with Gasteiger partial charge in [-0.1, -0.05) is 26.0 Å². The Morgan fingerprint density at radius 1 is 1.41 bits per heavy atom. The smallest absolute Gasteiger partial charge is 0.161 e. The van der Waals surface area contributed by atoms with E-state index in [1.54, 1.807) is 24.3 Å². The van der Waals surface area contributed by atoms with Gasteiger partial charge in [0.15, 0.2) is 17.3 Å². The maximum atomic E-state index is 11.1. The van der Waals surface area contributed by atoms with E-state index in [2.05, 4.69) is 0 Å². The molecule has 0 fully saturated rings. The van der Waals surface area contributed by atoms with Crippen LogP contribution < -0.4 is 4.74 Å². The molecule has 0 aliphatic rings. The van der Waals surface area contributed by atoms with Crippen molar-refractivity contribution in [1.29, 1.82) is 0 Å². The van der Waals surface area contributed by atoms with Gasteiger partial charge in [-0.05, 0) is 30.2 Å². The van der Waals surface area contributed by atoms with E-state index in [0.29, 0.717) is 18.8 Å². The second-order valence-electron chi connectivity index (χ2n) is 3.73. The fourth-order valence-corrected chi connectivity index (χ4v) is 1.27. The predicted molar refractivity (Wildman–Crippen MR) is 68.2 cm³/mol. The second-order valence-corrected chi connectivity index (χ2v) is 3.73. The highest BCUT2D eigenvalue weighted by Crippen LogP contribution is 2.27. The third-order valence-corrected chi connectivity index (χ3v) is 2.26. The van der Waals surface area contributed by atoms with Crippen molar-refractivity contribution in [3.63, 3.8) is 0 Å². The minimum Gasteiger partial charge on any atom is -0.504 e. The van der Waals surface area contributed by atoms with Crippen molar-refractivity contribution in [1.82, 2.24) is 0 Å². The Labute approximate surface area is 102 Å². The first-order valence-corrected chi connectivity index (χ1v) is 5.84. The maximum Gasteiger partial charge on any atom is 0.161 e. The van der Waals surface area contributed by atoms with Crippen molar-refractivity contribution in [2.24, 2.45) is 0 Å². The molecule has 1 rings (SSSR count). The number of ether oxygens (including phenoxy) is 1. The number of rotatable bonds is 6. The van der Waals surface area contributed by atoms with Crippen LogP contribution in [0, 0.1) is 0 Å². The number of benzene rings is 1. The van der Waals surface area contributed by atoms with Crippen molar-refractivity contribution in [3.05, 3.63) is 29.8 Å². The lowest BCUT2D eigenvalue weighted by Gasteiger charge is -2.07. The predicted octanol–water partition coefficient (Wildman–Crippen LogP) is 3.17. The SMILES string of the molecule is CCCOc1cc(/C=C/C(=O)CC)ccc1O. The summed E-state index contributed by atoms with van der Waals surface area (Å²) in [6.45, 7) is 4.38. The zero-order valence-corrected chi connectivity index (χ0v) is 10.3. The Kier molecular flexibility index (Phi) is 5.27. The molecule has 0 atom stereocenters. The van der Waals surface area contributed by atoms with Gasteiger partial charge in [0.2, 0.25) is 0 Å². The molecule has 0 amide bonds. The number of hydrogen-bond donors (Lipinski definition) is 1. The Morgan fingerprint density at radius 2 is 2.18 bits per heavy atom. The van der Waals surface area contributed by atoms with E-state index in [1.165, 1.54) is 6.08 Å². The molecule has 0 spiro atoms. The van der Waals surface area contributed by atoms with Crippen LogP contribution in [0.15, 0.2) is 24.3 Å². The van der Waals surface area contributed by atoms with Gasteiger partial charge in [-0.3, -0.25) is 4.79 Å². The number of phenols is 1. The van der Waals surface area contributed by atoms with Gasteiger partial charge in [-0.2, -0.15) is 0 Å². The van der Waals surface area contributed by atoms with Crippen molar-refractivity contribution in [2.45, 2.75) is 26.7 Å². The number of aromatic hydroxyl groups is 1. The average Bonchev–Trinajstić information content (AvgIpc) is 2.35. The molecular formula is C14H18O3. The Hall–Kier alpha value is -1.77. The van der Waals surface area contributed by atoms with E-state index in [9.17, 15) is 9.90 Å². The first kappa shape index (κ1) is 13.3. The quantitative estimate of drug-likeness (QED) is 0.769. The fraction of sp³-hybridized carbons (Fsp3) is 0.357. The van der Waals surface area contributed by atoms with Gasteiger partial charge in [0.25, 0.3) is 0 Å². The standard InChI is InChI=1S/C14H18O3/c1-3-9-17-14-10-11(6-8-13(14)16)5-7-12(15)4-2/h5-8,10,16H,3-4,9H2,1-2H3/b7-5+. The van der Waals surface area contributed by atoms with Crippen LogP contribution in [-0.4, -0.2) is 17.5 Å². The summed E-state index contributed by atoms with van der Waals surface area (Å²) < 4.78 is 5.39. The van der Waals surface area contributed by atoms with Gasteiger partial charge in [0.05, 0.1) is 6.61 Å². The van der Waals surface area contributed by atoms with Gasteiger partial charge < -0.3 is 9.84 Å². The molecule has 1 N–H and O–H groups in total. The van der Waals surface area contributed by atoms with Gasteiger partial charge in [0.1, 0.15) is 0 Å². The van der Waals surface area contributed by atoms with Crippen LogP contribution in [0.1, 0.15) is 32.3 Å². The van der Waals surface area contributed by atoms with Gasteiger partial charge in [-0.25, -0.2) is 0 Å². The van der Waals surface area contributed by atoms with Crippen LogP contribution in [0.25, 0.3) is 6.08 Å². The van der Waals surface area contributed by atoms with E-state index in [0.717, 1.165) is 12.0 Å². The third-order valence-electron chi connectivity index (χ3n) is 2.26. The third kappa shape index (κ3) is 4.31. The monoisotopic (exact) mass is 234 g/mol. The lowest BCUT2D eigenvalue weighted by Crippen LogP contribution is -1.95. The van der Waals surface area contributed by atoms with Crippen LogP contribution in [0.4, 0.5) is 0 Å². The van der Waals surface area contributed by atoms with Gasteiger partial charge >= 0.3 is 0 Å². The molecular weight excluding hydrogens is 216 g/mol. The zero-order chi connectivity index (χ0) is 12.7. The summed E-state index contributed by atoms with van der Waals surface area (Å²) >= 11 is 0. The largest absolute Gasteiger partial charge is 0.504 e. The summed E-state index contributed by atoms with van der Waals surface area (Å²) in [6.07, 6.45) is 4.64. The maximum absolute atomic E-state index is 11.1. The molecule has 0 bridgehead atoms. The molecule has 3 nitrogen and oxygen atoms in total. The van der Waals surface area contributed by atoms with Crippen molar-refractivity contribution < 1.29 is 14.6 Å². The van der Waals surface area contributed by atoms with E-state index in [-0.39, 0.29) is 11.5 Å². The van der Waals surface area contributed by atoms with E-state index >= 15 is 0 Å². The number of carbonyl (C=O) groups excluding carboxylic acids is 1. The molecule has 3 heteroatoms. The Balaban J connectivity index is 2.80. The number of ketones is 1.